The number of nitrogens with two attached hydrogens (primary N) is 1. The molecule has 0 unspecified atom stereocenters. The van der Waals surface area contributed by atoms with Gasteiger partial charge in [0.15, 0.2) is 11.6 Å². The van der Waals surface area contributed by atoms with Crippen molar-refractivity contribution in [2.75, 3.05) is 0 Å². The Balaban J connectivity index is 0.00000128. The van der Waals surface area contributed by atoms with Crippen LogP contribution in [0.25, 0.3) is 0 Å². The van der Waals surface area contributed by atoms with E-state index in [0.717, 1.165) is 12.8 Å². The number of phenolic OH excluding ortho intramolecular Hbond substituents is 1. The van der Waals surface area contributed by atoms with Crippen molar-refractivity contribution in [3.63, 3.8) is 0 Å². The molecule has 0 amide bonds. The highest BCUT2D eigenvalue weighted by Gasteiger charge is 2.28. The Bertz CT molecular complexity index is 384. The zero-order chi connectivity index (χ0) is 11.0. The van der Waals surface area contributed by atoms with E-state index in [-0.39, 0.29) is 28.7 Å². The summed E-state index contributed by atoms with van der Waals surface area (Å²) in [7, 11) is 0. The predicted molar refractivity (Wildman–Crippen MR) is 67.3 cm³/mol. The fourth-order valence-corrected chi connectivity index (χ4v) is 2.20. The van der Waals surface area contributed by atoms with Gasteiger partial charge in [-0.05, 0) is 40.8 Å². The van der Waals surface area contributed by atoms with Gasteiger partial charge < -0.3 is 10.8 Å². The third kappa shape index (κ3) is 2.34. The molecule has 0 heterocycles. The van der Waals surface area contributed by atoms with E-state index in [2.05, 4.69) is 15.9 Å². The maximum absolute atomic E-state index is 13.4. The van der Waals surface area contributed by atoms with Crippen LogP contribution in [-0.4, -0.2) is 5.11 Å². The highest BCUT2D eigenvalue weighted by Crippen LogP contribution is 2.40. The molecule has 16 heavy (non-hydrogen) atoms. The zero-order valence-electron chi connectivity index (χ0n) is 8.62. The summed E-state index contributed by atoms with van der Waals surface area (Å²) in [5.74, 6) is -0.553. The van der Waals surface area contributed by atoms with Gasteiger partial charge in [0.1, 0.15) is 0 Å². The molecular weight excluding hydrogens is 296 g/mol. The smallest absolute Gasteiger partial charge is 0.179 e. The highest BCUT2D eigenvalue weighted by atomic mass is 79.9. The average Bonchev–Trinajstić information content (AvgIpc) is 2.11. The molecule has 0 radical (unpaired) electrons. The first kappa shape index (κ1) is 13.7. The van der Waals surface area contributed by atoms with Crippen molar-refractivity contribution in [1.82, 2.24) is 0 Å². The summed E-state index contributed by atoms with van der Waals surface area (Å²) in [6.07, 6.45) is 3.31. The SMILES string of the molecule is Cl.N[C@H](c1ccc(Br)c(F)c1O)C1CCC1. The van der Waals surface area contributed by atoms with Gasteiger partial charge in [0.25, 0.3) is 0 Å². The van der Waals surface area contributed by atoms with Gasteiger partial charge in [0.2, 0.25) is 0 Å². The monoisotopic (exact) mass is 309 g/mol. The van der Waals surface area contributed by atoms with Crippen LogP contribution in [0.4, 0.5) is 4.39 Å². The molecule has 1 fully saturated rings. The van der Waals surface area contributed by atoms with Crippen LogP contribution >= 0.6 is 28.3 Å². The quantitative estimate of drug-likeness (QED) is 0.878. The third-order valence-corrected chi connectivity index (χ3v) is 3.73. The molecule has 0 saturated heterocycles. The highest BCUT2D eigenvalue weighted by molar-refractivity contribution is 9.10. The second kappa shape index (κ2) is 5.34. The zero-order valence-corrected chi connectivity index (χ0v) is 11.0. The van der Waals surface area contributed by atoms with Crippen molar-refractivity contribution < 1.29 is 9.50 Å². The molecule has 1 aliphatic carbocycles. The molecular formula is C11H14BrClFNO. The Morgan fingerprint density at radius 1 is 1.44 bits per heavy atom. The van der Waals surface area contributed by atoms with E-state index >= 15 is 0 Å². The lowest BCUT2D eigenvalue weighted by Crippen LogP contribution is -2.27. The van der Waals surface area contributed by atoms with Gasteiger partial charge in [-0.3, -0.25) is 0 Å². The molecule has 1 aliphatic rings. The summed E-state index contributed by atoms with van der Waals surface area (Å²) in [5, 5.41) is 9.63. The van der Waals surface area contributed by atoms with Gasteiger partial charge in [-0.25, -0.2) is 4.39 Å². The molecule has 1 aromatic rings. The predicted octanol–water partition coefficient (Wildman–Crippen LogP) is 3.52. The first-order valence-electron chi connectivity index (χ1n) is 5.03. The van der Waals surface area contributed by atoms with E-state index in [1.54, 1.807) is 12.1 Å². The minimum atomic E-state index is -0.623. The van der Waals surface area contributed by atoms with Crippen LogP contribution in [-0.2, 0) is 0 Å². The Morgan fingerprint density at radius 2 is 2.06 bits per heavy atom. The molecule has 3 N–H and O–H groups in total. The molecule has 2 nitrogen and oxygen atoms in total. The summed E-state index contributed by atoms with van der Waals surface area (Å²) >= 11 is 3.02. The van der Waals surface area contributed by atoms with Gasteiger partial charge in [0.05, 0.1) is 4.47 Å². The summed E-state index contributed by atoms with van der Waals surface area (Å²) < 4.78 is 13.7. The Labute approximate surface area is 109 Å². The van der Waals surface area contributed by atoms with E-state index < -0.39 is 5.82 Å². The average molecular weight is 311 g/mol. The van der Waals surface area contributed by atoms with Crippen molar-refractivity contribution in [2.45, 2.75) is 25.3 Å². The Kier molecular flexibility index (Phi) is 4.59. The molecule has 5 heteroatoms. The number of benzene rings is 1. The van der Waals surface area contributed by atoms with E-state index in [0.29, 0.717) is 11.5 Å². The molecule has 2 rings (SSSR count). The minimum Gasteiger partial charge on any atom is -0.505 e. The number of rotatable bonds is 2. The van der Waals surface area contributed by atoms with E-state index in [1.807, 2.05) is 0 Å². The number of hydrogen-bond donors (Lipinski definition) is 2. The molecule has 1 aromatic carbocycles. The van der Waals surface area contributed by atoms with E-state index in [9.17, 15) is 9.50 Å². The van der Waals surface area contributed by atoms with Crippen molar-refractivity contribution in [1.29, 1.82) is 0 Å². The van der Waals surface area contributed by atoms with Gasteiger partial charge in [0, 0.05) is 11.6 Å². The van der Waals surface area contributed by atoms with E-state index in [4.69, 9.17) is 5.73 Å². The largest absolute Gasteiger partial charge is 0.505 e. The number of hydrogen-bond acceptors (Lipinski definition) is 2. The maximum atomic E-state index is 13.4. The fraction of sp³-hybridized carbons (Fsp3) is 0.455. The first-order chi connectivity index (χ1) is 7.11. The van der Waals surface area contributed by atoms with Crippen LogP contribution in [0.1, 0.15) is 30.9 Å². The molecule has 0 bridgehead atoms. The summed E-state index contributed by atoms with van der Waals surface area (Å²) in [5.41, 5.74) is 6.49. The standard InChI is InChI=1S/C11H13BrFNO.ClH/c12-8-5-4-7(11(15)9(8)13)10(14)6-2-1-3-6;/h4-6,10,15H,1-3,14H2;1H/t10-;/m0./s1. The maximum Gasteiger partial charge on any atom is 0.179 e. The lowest BCUT2D eigenvalue weighted by molar-refractivity contribution is 0.259. The number of aromatic hydroxyl groups is 1. The Hall–Kier alpha value is -0.320. The van der Waals surface area contributed by atoms with Crippen LogP contribution in [0.5, 0.6) is 5.75 Å². The van der Waals surface area contributed by atoms with Crippen molar-refractivity contribution in [3.05, 3.63) is 28.0 Å². The molecule has 0 aliphatic heterocycles. The van der Waals surface area contributed by atoms with Crippen molar-refractivity contribution in [2.24, 2.45) is 11.7 Å². The lowest BCUT2D eigenvalue weighted by Gasteiger charge is -2.31. The molecule has 1 saturated carbocycles. The van der Waals surface area contributed by atoms with E-state index in [1.165, 1.54) is 6.42 Å². The molecule has 90 valence electrons. The van der Waals surface area contributed by atoms with Gasteiger partial charge >= 0.3 is 0 Å². The second-order valence-electron chi connectivity index (χ2n) is 4.02. The van der Waals surface area contributed by atoms with Crippen LogP contribution in [0.3, 0.4) is 0 Å². The summed E-state index contributed by atoms with van der Waals surface area (Å²) in [6, 6.07) is 3.02. The van der Waals surface area contributed by atoms with Gasteiger partial charge in [-0.15, -0.1) is 12.4 Å². The normalized spacial score (nSPS) is 17.4. The van der Waals surface area contributed by atoms with Crippen LogP contribution in [0, 0.1) is 11.7 Å². The fourth-order valence-electron chi connectivity index (χ4n) is 1.88. The third-order valence-electron chi connectivity index (χ3n) is 3.12. The van der Waals surface area contributed by atoms with Gasteiger partial charge in [-0.2, -0.15) is 0 Å². The first-order valence-corrected chi connectivity index (χ1v) is 5.83. The van der Waals surface area contributed by atoms with Crippen LogP contribution < -0.4 is 5.73 Å². The minimum absolute atomic E-state index is 0. The number of halogens is 3. The van der Waals surface area contributed by atoms with Crippen LogP contribution in [0.15, 0.2) is 16.6 Å². The van der Waals surface area contributed by atoms with Crippen LogP contribution in [0.2, 0.25) is 0 Å². The second-order valence-corrected chi connectivity index (χ2v) is 4.87. The summed E-state index contributed by atoms with van der Waals surface area (Å²) in [6.45, 7) is 0. The number of phenols is 1. The molecule has 0 aromatic heterocycles. The molecule has 1 atom stereocenters. The lowest BCUT2D eigenvalue weighted by atomic mass is 9.77. The topological polar surface area (TPSA) is 46.2 Å². The van der Waals surface area contributed by atoms with Crippen molar-refractivity contribution >= 4 is 28.3 Å². The Morgan fingerprint density at radius 3 is 2.56 bits per heavy atom. The summed E-state index contributed by atoms with van der Waals surface area (Å²) in [4.78, 5) is 0. The van der Waals surface area contributed by atoms with Gasteiger partial charge in [-0.1, -0.05) is 12.5 Å². The van der Waals surface area contributed by atoms with Crippen molar-refractivity contribution in [3.8, 4) is 5.75 Å². The molecule has 0 spiro atoms.